The van der Waals surface area contributed by atoms with Gasteiger partial charge in [-0.1, -0.05) is 11.2 Å². The van der Waals surface area contributed by atoms with Gasteiger partial charge in [-0.2, -0.15) is 0 Å². The normalized spacial score (nSPS) is 14.6. The quantitative estimate of drug-likeness (QED) is 0.844. The van der Waals surface area contributed by atoms with Gasteiger partial charge in [0.05, 0.1) is 12.8 Å². The molecule has 2 aromatic rings. The fraction of sp³-hybridized carbons (Fsp3) is 0.400. The molecule has 0 spiro atoms. The second-order valence-corrected chi connectivity index (χ2v) is 5.07. The maximum Gasteiger partial charge on any atom is 0.292 e. The molecule has 1 aliphatic rings. The van der Waals surface area contributed by atoms with Gasteiger partial charge in [0.2, 0.25) is 5.76 Å². The molecule has 3 rings (SSSR count). The van der Waals surface area contributed by atoms with E-state index in [1.54, 1.807) is 24.3 Å². The van der Waals surface area contributed by atoms with Crippen molar-refractivity contribution >= 4 is 11.7 Å². The Kier molecular flexibility index (Phi) is 4.34. The Labute approximate surface area is 128 Å². The average molecular weight is 302 g/mol. The molecule has 0 atom stereocenters. The molecule has 0 saturated heterocycles. The van der Waals surface area contributed by atoms with Crippen LogP contribution in [0.15, 0.2) is 35.1 Å². The topological polar surface area (TPSA) is 71.7 Å². The number of aromatic nitrogens is 2. The van der Waals surface area contributed by atoms with Gasteiger partial charge in [0.15, 0.2) is 0 Å². The van der Waals surface area contributed by atoms with Crippen molar-refractivity contribution in [2.75, 3.05) is 38.3 Å². The molecule has 0 bridgehead atoms. The van der Waals surface area contributed by atoms with E-state index < -0.39 is 0 Å². The zero-order valence-electron chi connectivity index (χ0n) is 12.4. The van der Waals surface area contributed by atoms with E-state index in [4.69, 9.17) is 9.26 Å². The Morgan fingerprint density at radius 3 is 3.05 bits per heavy atom. The second-order valence-electron chi connectivity index (χ2n) is 5.07. The number of nitrogens with zero attached hydrogens (tertiary/aromatic N) is 4. The van der Waals surface area contributed by atoms with Crippen LogP contribution in [-0.4, -0.2) is 54.3 Å². The number of hydrogen-bond donors (Lipinski definition) is 0. The summed E-state index contributed by atoms with van der Waals surface area (Å²) < 4.78 is 10.1. The van der Waals surface area contributed by atoms with Crippen LogP contribution in [-0.2, 0) is 11.3 Å². The van der Waals surface area contributed by atoms with Crippen molar-refractivity contribution in [3.63, 3.8) is 0 Å². The largest absolute Gasteiger partial charge is 0.383 e. The summed E-state index contributed by atoms with van der Waals surface area (Å²) in [4.78, 5) is 20.8. The molecule has 0 unspecified atom stereocenters. The van der Waals surface area contributed by atoms with Crippen molar-refractivity contribution in [3.05, 3.63) is 41.9 Å². The van der Waals surface area contributed by atoms with E-state index in [0.717, 1.165) is 17.9 Å². The highest BCUT2D eigenvalue weighted by molar-refractivity contribution is 5.91. The fourth-order valence-corrected chi connectivity index (χ4v) is 2.54. The molecule has 7 nitrogen and oxygen atoms in total. The lowest BCUT2D eigenvalue weighted by Crippen LogP contribution is -2.36. The molecule has 0 saturated carbocycles. The Hall–Kier alpha value is -2.41. The number of methoxy groups -OCH3 is 1. The van der Waals surface area contributed by atoms with E-state index in [-0.39, 0.29) is 11.7 Å². The molecular weight excluding hydrogens is 284 g/mol. The number of carbonyl (C=O) groups is 1. The molecule has 0 aromatic carbocycles. The molecule has 1 amide bonds. The molecule has 0 aliphatic carbocycles. The Morgan fingerprint density at radius 2 is 2.27 bits per heavy atom. The summed E-state index contributed by atoms with van der Waals surface area (Å²) >= 11 is 0. The zero-order chi connectivity index (χ0) is 15.4. The fourth-order valence-electron chi connectivity index (χ4n) is 2.54. The molecule has 0 N–H and O–H groups in total. The number of amides is 1. The first-order valence-electron chi connectivity index (χ1n) is 7.17. The van der Waals surface area contributed by atoms with E-state index in [2.05, 4.69) is 15.0 Å². The number of hydrogen-bond acceptors (Lipinski definition) is 6. The zero-order valence-corrected chi connectivity index (χ0v) is 12.4. The van der Waals surface area contributed by atoms with Gasteiger partial charge >= 0.3 is 0 Å². The van der Waals surface area contributed by atoms with Crippen LogP contribution >= 0.6 is 0 Å². The Balaban J connectivity index is 1.83. The SMILES string of the molecule is COCCN1CCN(C(=O)c2ccno2)Cc2cccnc21. The molecule has 116 valence electrons. The van der Waals surface area contributed by atoms with Crippen LogP contribution in [0.2, 0.25) is 0 Å². The summed E-state index contributed by atoms with van der Waals surface area (Å²) in [5.41, 5.74) is 1.02. The van der Waals surface area contributed by atoms with Crippen molar-refractivity contribution in [1.82, 2.24) is 15.0 Å². The standard InChI is InChI=1S/C15H18N4O3/c1-21-10-9-18-7-8-19(15(20)13-4-6-17-22-13)11-12-3-2-5-16-14(12)18/h2-6H,7-11H2,1H3. The number of rotatable bonds is 4. The molecular formula is C15H18N4O3. The first-order chi connectivity index (χ1) is 10.8. The van der Waals surface area contributed by atoms with Crippen LogP contribution in [0.4, 0.5) is 5.82 Å². The lowest BCUT2D eigenvalue weighted by atomic mass is 10.2. The third-order valence-electron chi connectivity index (χ3n) is 3.67. The van der Waals surface area contributed by atoms with E-state index in [1.807, 2.05) is 12.1 Å². The van der Waals surface area contributed by atoms with Crippen LogP contribution in [0, 0.1) is 0 Å². The minimum absolute atomic E-state index is 0.152. The lowest BCUT2D eigenvalue weighted by molar-refractivity contribution is 0.0709. The summed E-state index contributed by atoms with van der Waals surface area (Å²) in [5.74, 6) is 1.02. The molecule has 3 heterocycles. The summed E-state index contributed by atoms with van der Waals surface area (Å²) in [6.45, 7) is 3.16. The van der Waals surface area contributed by atoms with Crippen molar-refractivity contribution in [1.29, 1.82) is 0 Å². The van der Waals surface area contributed by atoms with E-state index in [0.29, 0.717) is 26.2 Å². The van der Waals surface area contributed by atoms with Gasteiger partial charge in [-0.15, -0.1) is 0 Å². The highest BCUT2D eigenvalue weighted by atomic mass is 16.5. The van der Waals surface area contributed by atoms with Crippen molar-refractivity contribution < 1.29 is 14.1 Å². The maximum absolute atomic E-state index is 12.5. The van der Waals surface area contributed by atoms with Crippen LogP contribution in [0.1, 0.15) is 16.1 Å². The molecule has 22 heavy (non-hydrogen) atoms. The molecule has 1 aliphatic heterocycles. The van der Waals surface area contributed by atoms with Crippen molar-refractivity contribution in [3.8, 4) is 0 Å². The van der Waals surface area contributed by atoms with E-state index in [9.17, 15) is 4.79 Å². The van der Waals surface area contributed by atoms with Gasteiger partial charge in [-0.05, 0) is 6.07 Å². The van der Waals surface area contributed by atoms with Crippen molar-refractivity contribution in [2.24, 2.45) is 0 Å². The van der Waals surface area contributed by atoms with E-state index in [1.165, 1.54) is 6.20 Å². The molecule has 0 fully saturated rings. The first-order valence-corrected chi connectivity index (χ1v) is 7.17. The predicted octanol–water partition coefficient (Wildman–Crippen LogP) is 1.18. The van der Waals surface area contributed by atoms with Crippen LogP contribution in [0.3, 0.4) is 0 Å². The lowest BCUT2D eigenvalue weighted by Gasteiger charge is -2.23. The number of anilines is 1. The average Bonchev–Trinajstić information content (AvgIpc) is 3.01. The van der Waals surface area contributed by atoms with Gasteiger partial charge in [-0.3, -0.25) is 4.79 Å². The molecule has 7 heteroatoms. The Morgan fingerprint density at radius 1 is 1.36 bits per heavy atom. The van der Waals surface area contributed by atoms with Crippen LogP contribution in [0.5, 0.6) is 0 Å². The summed E-state index contributed by atoms with van der Waals surface area (Å²) in [6, 6.07) is 5.46. The monoisotopic (exact) mass is 302 g/mol. The number of pyridine rings is 1. The maximum atomic E-state index is 12.5. The summed E-state index contributed by atoms with van der Waals surface area (Å²) in [6.07, 6.45) is 3.25. The van der Waals surface area contributed by atoms with Gasteiger partial charge in [0, 0.05) is 51.1 Å². The molecule has 0 radical (unpaired) electrons. The number of ether oxygens (including phenoxy) is 1. The minimum Gasteiger partial charge on any atom is -0.383 e. The first kappa shape index (κ1) is 14.5. The highest BCUT2D eigenvalue weighted by Gasteiger charge is 2.25. The molecule has 2 aromatic heterocycles. The van der Waals surface area contributed by atoms with Gasteiger partial charge in [0.1, 0.15) is 5.82 Å². The van der Waals surface area contributed by atoms with Crippen molar-refractivity contribution in [2.45, 2.75) is 6.54 Å². The van der Waals surface area contributed by atoms with Gasteiger partial charge in [0.25, 0.3) is 5.91 Å². The summed E-state index contributed by atoms with van der Waals surface area (Å²) in [7, 11) is 1.68. The van der Waals surface area contributed by atoms with E-state index >= 15 is 0 Å². The van der Waals surface area contributed by atoms with Gasteiger partial charge < -0.3 is 19.1 Å². The minimum atomic E-state index is -0.152. The second kappa shape index (κ2) is 6.57. The number of carbonyl (C=O) groups excluding carboxylic acids is 1. The predicted molar refractivity (Wildman–Crippen MR) is 79.6 cm³/mol. The van der Waals surface area contributed by atoms with Gasteiger partial charge in [-0.25, -0.2) is 4.98 Å². The van der Waals surface area contributed by atoms with Crippen LogP contribution < -0.4 is 4.90 Å². The van der Waals surface area contributed by atoms with Crippen LogP contribution in [0.25, 0.3) is 0 Å². The Bertz CT molecular complexity index is 629. The third-order valence-corrected chi connectivity index (χ3v) is 3.67. The summed E-state index contributed by atoms with van der Waals surface area (Å²) in [5, 5.41) is 3.60. The smallest absolute Gasteiger partial charge is 0.292 e. The third kappa shape index (κ3) is 2.94. The number of fused-ring (bicyclic) bond motifs is 1. The highest BCUT2D eigenvalue weighted by Crippen LogP contribution is 2.23.